The summed E-state index contributed by atoms with van der Waals surface area (Å²) in [5, 5.41) is 0.259. The molecule has 1 aromatic carbocycles. The van der Waals surface area contributed by atoms with Crippen LogP contribution in [-0.4, -0.2) is 25.3 Å². The van der Waals surface area contributed by atoms with E-state index < -0.39 is 10.0 Å². The van der Waals surface area contributed by atoms with Crippen molar-refractivity contribution in [3.63, 3.8) is 0 Å². The van der Waals surface area contributed by atoms with E-state index in [0.29, 0.717) is 13.1 Å². The quantitative estimate of drug-likeness (QED) is 0.932. The second kappa shape index (κ2) is 5.79. The minimum Gasteiger partial charge on any atom is -0.326 e. The van der Waals surface area contributed by atoms with E-state index in [0.717, 1.165) is 24.8 Å². The lowest BCUT2D eigenvalue weighted by Gasteiger charge is -2.32. The first kappa shape index (κ1) is 14.8. The number of nitrogens with two attached hydrogens (primary N) is 1. The smallest absolute Gasteiger partial charge is 0.244 e. The fourth-order valence-electron chi connectivity index (χ4n) is 2.43. The number of hydrogen-bond donors (Lipinski definition) is 1. The van der Waals surface area contributed by atoms with Gasteiger partial charge in [-0.25, -0.2) is 8.42 Å². The van der Waals surface area contributed by atoms with Gasteiger partial charge in [0.25, 0.3) is 0 Å². The molecule has 0 aromatic heterocycles. The van der Waals surface area contributed by atoms with Crippen LogP contribution in [0.4, 0.5) is 0 Å². The number of nitrogens with zero attached hydrogens (tertiary/aromatic N) is 1. The van der Waals surface area contributed by atoms with Gasteiger partial charge in [0.15, 0.2) is 0 Å². The van der Waals surface area contributed by atoms with Crippen molar-refractivity contribution in [3.8, 4) is 0 Å². The van der Waals surface area contributed by atoms with E-state index in [1.165, 1.54) is 0 Å². The molecular formula is C13H19ClN2O2S. The second-order valence-corrected chi connectivity index (χ2v) is 7.20. The van der Waals surface area contributed by atoms with Crippen LogP contribution >= 0.6 is 11.6 Å². The zero-order chi connectivity index (χ0) is 14.0. The van der Waals surface area contributed by atoms with Crippen LogP contribution < -0.4 is 5.73 Å². The average molecular weight is 303 g/mol. The Kier molecular flexibility index (Phi) is 4.50. The highest BCUT2D eigenvalue weighted by Gasteiger charge is 2.32. The number of piperidine rings is 1. The van der Waals surface area contributed by atoms with Crippen molar-refractivity contribution in [1.29, 1.82) is 0 Å². The van der Waals surface area contributed by atoms with Gasteiger partial charge in [-0.15, -0.1) is 0 Å². The van der Waals surface area contributed by atoms with Gasteiger partial charge in [-0.05, 0) is 37.5 Å². The molecule has 0 aliphatic carbocycles. The molecule has 1 aliphatic rings. The van der Waals surface area contributed by atoms with E-state index in [9.17, 15) is 8.42 Å². The van der Waals surface area contributed by atoms with Crippen LogP contribution in [0.2, 0.25) is 5.02 Å². The van der Waals surface area contributed by atoms with Gasteiger partial charge < -0.3 is 5.73 Å². The predicted octanol–water partition coefficient (Wildman–Crippen LogP) is 2.36. The van der Waals surface area contributed by atoms with Gasteiger partial charge in [0.1, 0.15) is 4.90 Å². The molecule has 4 nitrogen and oxygen atoms in total. The van der Waals surface area contributed by atoms with Crippen LogP contribution in [-0.2, 0) is 16.6 Å². The Morgan fingerprint density at radius 1 is 1.42 bits per heavy atom. The number of halogens is 1. The van der Waals surface area contributed by atoms with Crippen LogP contribution in [0.5, 0.6) is 0 Å². The molecule has 0 saturated carbocycles. The molecule has 0 amide bonds. The lowest BCUT2D eigenvalue weighted by Crippen LogP contribution is -2.42. The molecule has 0 spiro atoms. The minimum atomic E-state index is -3.53. The van der Waals surface area contributed by atoms with Crippen molar-refractivity contribution in [3.05, 3.63) is 28.8 Å². The summed E-state index contributed by atoms with van der Waals surface area (Å²) < 4.78 is 26.9. The van der Waals surface area contributed by atoms with E-state index >= 15 is 0 Å². The molecule has 6 heteroatoms. The monoisotopic (exact) mass is 302 g/mol. The van der Waals surface area contributed by atoms with E-state index in [4.69, 9.17) is 17.3 Å². The highest BCUT2D eigenvalue weighted by molar-refractivity contribution is 7.89. The molecule has 2 rings (SSSR count). The highest BCUT2D eigenvalue weighted by atomic mass is 35.5. The summed E-state index contributed by atoms with van der Waals surface area (Å²) in [5.41, 5.74) is 6.34. The molecule has 1 aromatic rings. The van der Waals surface area contributed by atoms with Crippen molar-refractivity contribution in [2.75, 3.05) is 6.54 Å². The molecule has 1 atom stereocenters. The third-order valence-electron chi connectivity index (χ3n) is 3.56. The van der Waals surface area contributed by atoms with Gasteiger partial charge in [0, 0.05) is 19.1 Å². The van der Waals surface area contributed by atoms with E-state index in [1.807, 2.05) is 6.92 Å². The lowest BCUT2D eigenvalue weighted by atomic mass is 10.1. The summed E-state index contributed by atoms with van der Waals surface area (Å²) in [6.45, 7) is 2.80. The predicted molar refractivity (Wildman–Crippen MR) is 76.5 cm³/mol. The van der Waals surface area contributed by atoms with Crippen molar-refractivity contribution < 1.29 is 8.42 Å². The molecule has 1 saturated heterocycles. The van der Waals surface area contributed by atoms with Crippen molar-refractivity contribution in [2.45, 2.75) is 43.7 Å². The summed E-state index contributed by atoms with van der Waals surface area (Å²) >= 11 is 6.06. The van der Waals surface area contributed by atoms with Gasteiger partial charge in [0.2, 0.25) is 10.0 Å². The van der Waals surface area contributed by atoms with Crippen molar-refractivity contribution >= 4 is 21.6 Å². The van der Waals surface area contributed by atoms with Crippen LogP contribution in [0.15, 0.2) is 23.1 Å². The number of sulfonamides is 1. The first-order chi connectivity index (χ1) is 8.96. The Morgan fingerprint density at radius 3 is 2.79 bits per heavy atom. The number of benzene rings is 1. The van der Waals surface area contributed by atoms with Crippen molar-refractivity contribution in [2.24, 2.45) is 5.73 Å². The number of rotatable bonds is 3. The largest absolute Gasteiger partial charge is 0.326 e. The molecule has 106 valence electrons. The van der Waals surface area contributed by atoms with Gasteiger partial charge in [-0.1, -0.05) is 24.1 Å². The van der Waals surface area contributed by atoms with Gasteiger partial charge in [-0.3, -0.25) is 0 Å². The standard InChI is InChI=1S/C13H19ClN2O2S/c1-10-4-2-3-7-16(10)19(17,18)13-8-11(9-15)5-6-12(13)14/h5-6,8,10H,2-4,7,9,15H2,1H3. The fourth-order valence-corrected chi connectivity index (χ4v) is 4.65. The third-order valence-corrected chi connectivity index (χ3v) is 6.06. The summed E-state index contributed by atoms with van der Waals surface area (Å²) in [6, 6.07) is 4.96. The molecule has 1 aliphatic heterocycles. The van der Waals surface area contributed by atoms with Gasteiger partial charge >= 0.3 is 0 Å². The molecule has 1 fully saturated rings. The normalized spacial score (nSPS) is 21.5. The highest BCUT2D eigenvalue weighted by Crippen LogP contribution is 2.30. The SMILES string of the molecule is CC1CCCCN1S(=O)(=O)c1cc(CN)ccc1Cl. The Balaban J connectivity index is 2.43. The fraction of sp³-hybridized carbons (Fsp3) is 0.538. The average Bonchev–Trinajstić information content (AvgIpc) is 2.39. The maximum absolute atomic E-state index is 12.7. The zero-order valence-corrected chi connectivity index (χ0v) is 12.5. The van der Waals surface area contributed by atoms with Crippen LogP contribution in [0.3, 0.4) is 0 Å². The lowest BCUT2D eigenvalue weighted by molar-refractivity contribution is 0.268. The third kappa shape index (κ3) is 2.94. The summed E-state index contributed by atoms with van der Waals surface area (Å²) in [4.78, 5) is 0.172. The molecule has 1 unspecified atom stereocenters. The summed E-state index contributed by atoms with van der Waals surface area (Å²) in [7, 11) is -3.53. The van der Waals surface area contributed by atoms with Gasteiger partial charge in [-0.2, -0.15) is 4.31 Å². The van der Waals surface area contributed by atoms with E-state index in [-0.39, 0.29) is 16.0 Å². The van der Waals surface area contributed by atoms with E-state index in [2.05, 4.69) is 0 Å². The first-order valence-corrected chi connectivity index (χ1v) is 8.29. The van der Waals surface area contributed by atoms with Gasteiger partial charge in [0.05, 0.1) is 5.02 Å². The topological polar surface area (TPSA) is 63.4 Å². The minimum absolute atomic E-state index is 0.0244. The first-order valence-electron chi connectivity index (χ1n) is 6.47. The molecule has 1 heterocycles. The Morgan fingerprint density at radius 2 is 2.16 bits per heavy atom. The molecular weight excluding hydrogens is 284 g/mol. The molecule has 0 bridgehead atoms. The van der Waals surface area contributed by atoms with Crippen LogP contribution in [0.1, 0.15) is 31.7 Å². The maximum Gasteiger partial charge on any atom is 0.244 e. The Bertz CT molecular complexity index is 560. The Hall–Kier alpha value is -0.620. The Labute approximate surface area is 119 Å². The molecule has 19 heavy (non-hydrogen) atoms. The van der Waals surface area contributed by atoms with E-state index in [1.54, 1.807) is 22.5 Å². The van der Waals surface area contributed by atoms with Crippen LogP contribution in [0, 0.1) is 0 Å². The summed E-state index contributed by atoms with van der Waals surface area (Å²) in [6.07, 6.45) is 2.87. The van der Waals surface area contributed by atoms with Crippen molar-refractivity contribution in [1.82, 2.24) is 4.31 Å². The van der Waals surface area contributed by atoms with Crippen LogP contribution in [0.25, 0.3) is 0 Å². The zero-order valence-electron chi connectivity index (χ0n) is 11.0. The molecule has 2 N–H and O–H groups in total. The second-order valence-electron chi connectivity index (χ2n) is 4.93. The maximum atomic E-state index is 12.7. The number of hydrogen-bond acceptors (Lipinski definition) is 3. The summed E-state index contributed by atoms with van der Waals surface area (Å²) in [5.74, 6) is 0. The molecule has 0 radical (unpaired) electrons.